The molecule has 0 spiro atoms. The van der Waals surface area contributed by atoms with Gasteiger partial charge in [-0.2, -0.15) is 0 Å². The Morgan fingerprint density at radius 2 is 2.08 bits per heavy atom. The van der Waals surface area contributed by atoms with Crippen LogP contribution in [0.1, 0.15) is 36.7 Å². The van der Waals surface area contributed by atoms with Crippen LogP contribution in [0.25, 0.3) is 0 Å². The quantitative estimate of drug-likeness (QED) is 0.674. The molecule has 0 saturated heterocycles. The van der Waals surface area contributed by atoms with Crippen molar-refractivity contribution in [3.63, 3.8) is 0 Å². The Bertz CT molecular complexity index is 909. The number of nitro benzene ring substituents is 1. The number of aromatic nitrogens is 1. The number of nitro groups is 1. The third-order valence-electron chi connectivity index (χ3n) is 4.44. The van der Waals surface area contributed by atoms with Crippen LogP contribution in [0.15, 0.2) is 36.7 Å². The van der Waals surface area contributed by atoms with Crippen molar-refractivity contribution in [2.75, 3.05) is 16.8 Å². The largest absolute Gasteiger partial charge is 0.316 e. The first kappa shape index (κ1) is 17.5. The highest BCUT2D eigenvalue weighted by Gasteiger charge is 2.39. The maximum absolute atomic E-state index is 12.4. The molecule has 134 valence electrons. The van der Waals surface area contributed by atoms with Crippen LogP contribution >= 0.6 is 0 Å². The van der Waals surface area contributed by atoms with Gasteiger partial charge in [-0.25, -0.2) is 0 Å². The molecule has 0 fully saturated rings. The van der Waals surface area contributed by atoms with Crippen LogP contribution in [0.2, 0.25) is 0 Å². The van der Waals surface area contributed by atoms with Crippen LogP contribution in [0.3, 0.4) is 0 Å². The summed E-state index contributed by atoms with van der Waals surface area (Å²) >= 11 is 0. The zero-order valence-electron chi connectivity index (χ0n) is 14.6. The number of nitrogens with zero attached hydrogens (tertiary/aromatic N) is 3. The van der Waals surface area contributed by atoms with E-state index in [1.165, 1.54) is 30.3 Å². The minimum atomic E-state index is -0.567. The standard InChI is InChI=1S/C18H18N4O4/c1-11(23)21-10-18(2,3)13-7-14(16(22(25)26)8-15(13)21)20-17(24)12-5-4-6-19-9-12/h4-9H,10H2,1-3H3,(H,20,24). The van der Waals surface area contributed by atoms with E-state index in [0.29, 0.717) is 17.8 Å². The number of fused-ring (bicyclic) bond motifs is 1. The molecule has 2 amide bonds. The molecule has 2 aromatic rings. The van der Waals surface area contributed by atoms with E-state index in [1.54, 1.807) is 18.2 Å². The summed E-state index contributed by atoms with van der Waals surface area (Å²) < 4.78 is 0. The molecule has 26 heavy (non-hydrogen) atoms. The van der Waals surface area contributed by atoms with E-state index in [4.69, 9.17) is 0 Å². The van der Waals surface area contributed by atoms with Gasteiger partial charge in [-0.15, -0.1) is 0 Å². The summed E-state index contributed by atoms with van der Waals surface area (Å²) in [5.74, 6) is -0.668. The molecule has 0 radical (unpaired) electrons. The predicted molar refractivity (Wildman–Crippen MR) is 96.3 cm³/mol. The van der Waals surface area contributed by atoms with Crippen LogP contribution in [-0.2, 0) is 10.2 Å². The summed E-state index contributed by atoms with van der Waals surface area (Å²) in [4.78, 5) is 40.6. The lowest BCUT2D eigenvalue weighted by Crippen LogP contribution is -2.31. The smallest absolute Gasteiger partial charge is 0.294 e. The second kappa shape index (κ2) is 6.21. The fraction of sp³-hybridized carbons (Fsp3) is 0.278. The van der Waals surface area contributed by atoms with Crippen LogP contribution in [-0.4, -0.2) is 28.3 Å². The summed E-state index contributed by atoms with van der Waals surface area (Å²) in [7, 11) is 0. The lowest BCUT2D eigenvalue weighted by molar-refractivity contribution is -0.383. The highest BCUT2D eigenvalue weighted by Crippen LogP contribution is 2.45. The second-order valence-corrected chi connectivity index (χ2v) is 6.83. The molecule has 0 saturated carbocycles. The van der Waals surface area contributed by atoms with E-state index in [9.17, 15) is 19.7 Å². The average molecular weight is 354 g/mol. The normalized spacial score (nSPS) is 14.7. The molecule has 0 bridgehead atoms. The van der Waals surface area contributed by atoms with Gasteiger partial charge in [-0.3, -0.25) is 24.7 Å². The number of amides is 2. The number of carbonyl (C=O) groups is 2. The molecule has 1 aromatic carbocycles. The third-order valence-corrected chi connectivity index (χ3v) is 4.44. The van der Waals surface area contributed by atoms with Crippen molar-refractivity contribution < 1.29 is 14.5 Å². The number of pyridine rings is 1. The van der Waals surface area contributed by atoms with Gasteiger partial charge in [0.1, 0.15) is 5.69 Å². The Hall–Kier alpha value is -3.29. The zero-order chi connectivity index (χ0) is 19.1. The number of nitrogens with one attached hydrogen (secondary N) is 1. The molecule has 1 N–H and O–H groups in total. The van der Waals surface area contributed by atoms with Crippen molar-refractivity contribution in [1.29, 1.82) is 0 Å². The third kappa shape index (κ3) is 3.01. The lowest BCUT2D eigenvalue weighted by atomic mass is 9.86. The van der Waals surface area contributed by atoms with Gasteiger partial charge in [0.05, 0.1) is 16.2 Å². The highest BCUT2D eigenvalue weighted by molar-refractivity contribution is 6.06. The van der Waals surface area contributed by atoms with Crippen LogP contribution in [0.5, 0.6) is 0 Å². The van der Waals surface area contributed by atoms with Gasteiger partial charge in [0.15, 0.2) is 0 Å². The van der Waals surface area contributed by atoms with Gasteiger partial charge in [0, 0.05) is 37.3 Å². The Labute approximate surface area is 150 Å². The fourth-order valence-electron chi connectivity index (χ4n) is 3.13. The van der Waals surface area contributed by atoms with E-state index in [0.717, 1.165) is 5.56 Å². The number of hydrogen-bond donors (Lipinski definition) is 1. The Kier molecular flexibility index (Phi) is 4.19. The number of carbonyl (C=O) groups excluding carboxylic acids is 2. The van der Waals surface area contributed by atoms with E-state index < -0.39 is 10.8 Å². The van der Waals surface area contributed by atoms with Crippen LogP contribution in [0.4, 0.5) is 17.1 Å². The molecule has 8 heteroatoms. The minimum absolute atomic E-state index is 0.0982. The van der Waals surface area contributed by atoms with Crippen molar-refractivity contribution in [3.8, 4) is 0 Å². The average Bonchev–Trinajstić information content (AvgIpc) is 2.86. The molecule has 1 aliphatic heterocycles. The highest BCUT2D eigenvalue weighted by atomic mass is 16.6. The zero-order valence-corrected chi connectivity index (χ0v) is 14.6. The van der Waals surface area contributed by atoms with E-state index in [2.05, 4.69) is 10.3 Å². The predicted octanol–water partition coefficient (Wildman–Crippen LogP) is 2.89. The Morgan fingerprint density at radius 3 is 2.65 bits per heavy atom. The van der Waals surface area contributed by atoms with Gasteiger partial charge in [-0.05, 0) is 23.8 Å². The molecule has 0 unspecified atom stereocenters. The number of rotatable bonds is 3. The minimum Gasteiger partial charge on any atom is -0.316 e. The SMILES string of the molecule is CC(=O)N1CC(C)(C)c2cc(NC(=O)c3cccnc3)c([N+](=O)[O-])cc21. The fourth-order valence-corrected chi connectivity index (χ4v) is 3.13. The molecule has 0 aliphatic carbocycles. The molecule has 8 nitrogen and oxygen atoms in total. The second-order valence-electron chi connectivity index (χ2n) is 6.83. The van der Waals surface area contributed by atoms with Gasteiger partial charge < -0.3 is 10.2 Å². The van der Waals surface area contributed by atoms with E-state index in [1.807, 2.05) is 13.8 Å². The first-order valence-corrected chi connectivity index (χ1v) is 8.03. The summed E-state index contributed by atoms with van der Waals surface area (Å²) in [5.41, 5.74) is 1.04. The summed E-state index contributed by atoms with van der Waals surface area (Å²) in [6.45, 7) is 5.75. The van der Waals surface area contributed by atoms with Gasteiger partial charge in [0.25, 0.3) is 11.6 Å². The molecule has 2 heterocycles. The van der Waals surface area contributed by atoms with E-state index in [-0.39, 0.29) is 22.7 Å². The maximum atomic E-state index is 12.4. The monoisotopic (exact) mass is 354 g/mol. The van der Waals surface area contributed by atoms with Gasteiger partial charge in [0.2, 0.25) is 5.91 Å². The molecule has 3 rings (SSSR count). The van der Waals surface area contributed by atoms with E-state index >= 15 is 0 Å². The summed E-state index contributed by atoms with van der Waals surface area (Å²) in [5, 5.41) is 14.1. The first-order valence-electron chi connectivity index (χ1n) is 8.03. The molecule has 0 atom stereocenters. The van der Waals surface area contributed by atoms with Gasteiger partial charge >= 0.3 is 0 Å². The van der Waals surface area contributed by atoms with Crippen molar-refractivity contribution >= 4 is 28.9 Å². The van der Waals surface area contributed by atoms with Crippen LogP contribution in [0, 0.1) is 10.1 Å². The summed E-state index contributed by atoms with van der Waals surface area (Å²) in [6.07, 6.45) is 2.92. The van der Waals surface area contributed by atoms with Crippen molar-refractivity contribution in [1.82, 2.24) is 4.98 Å². The molecular weight excluding hydrogens is 336 g/mol. The number of hydrogen-bond acceptors (Lipinski definition) is 5. The molecule has 1 aromatic heterocycles. The molecule has 1 aliphatic rings. The van der Waals surface area contributed by atoms with Crippen molar-refractivity contribution in [2.24, 2.45) is 0 Å². The number of anilines is 2. The lowest BCUT2D eigenvalue weighted by Gasteiger charge is -2.19. The van der Waals surface area contributed by atoms with Gasteiger partial charge in [-0.1, -0.05) is 13.8 Å². The Morgan fingerprint density at radius 1 is 1.35 bits per heavy atom. The van der Waals surface area contributed by atoms with Crippen molar-refractivity contribution in [3.05, 3.63) is 57.9 Å². The maximum Gasteiger partial charge on any atom is 0.294 e. The Balaban J connectivity index is 2.08. The molecular formula is C18H18N4O4. The first-order chi connectivity index (χ1) is 12.2. The van der Waals surface area contributed by atoms with Crippen molar-refractivity contribution in [2.45, 2.75) is 26.2 Å². The summed E-state index contributed by atoms with van der Waals surface area (Å²) in [6, 6.07) is 6.12. The number of benzene rings is 1. The van der Waals surface area contributed by atoms with Crippen LogP contribution < -0.4 is 10.2 Å². The topological polar surface area (TPSA) is 105 Å².